The number of aliphatic carboxylic acids is 1. The SMILES string of the molecule is CCCC(CC)NC(=O)NCC(C(=O)O)C(C)C. The Hall–Kier alpha value is -1.26. The van der Waals surface area contributed by atoms with E-state index in [-0.39, 0.29) is 24.5 Å². The summed E-state index contributed by atoms with van der Waals surface area (Å²) in [6.07, 6.45) is 2.84. The molecule has 0 aliphatic rings. The topological polar surface area (TPSA) is 78.4 Å². The normalized spacial score (nSPS) is 14.1. The van der Waals surface area contributed by atoms with E-state index < -0.39 is 11.9 Å². The third-order valence-electron chi connectivity index (χ3n) is 3.07. The molecule has 3 N–H and O–H groups in total. The number of rotatable bonds is 8. The molecule has 0 aliphatic heterocycles. The molecule has 0 aromatic carbocycles. The van der Waals surface area contributed by atoms with Crippen molar-refractivity contribution in [2.75, 3.05) is 6.54 Å². The summed E-state index contributed by atoms with van der Waals surface area (Å²) in [5.41, 5.74) is 0. The van der Waals surface area contributed by atoms with Crippen molar-refractivity contribution in [1.82, 2.24) is 10.6 Å². The van der Waals surface area contributed by atoms with Gasteiger partial charge in [-0.15, -0.1) is 0 Å². The fourth-order valence-electron chi connectivity index (χ4n) is 1.77. The van der Waals surface area contributed by atoms with Crippen LogP contribution in [0.4, 0.5) is 4.79 Å². The van der Waals surface area contributed by atoms with Crippen LogP contribution in [-0.4, -0.2) is 29.7 Å². The number of hydrogen-bond donors (Lipinski definition) is 3. The number of nitrogens with one attached hydrogen (secondary N) is 2. The van der Waals surface area contributed by atoms with Crippen LogP contribution >= 0.6 is 0 Å². The highest BCUT2D eigenvalue weighted by molar-refractivity contribution is 5.76. The van der Waals surface area contributed by atoms with Crippen molar-refractivity contribution in [2.45, 2.75) is 53.0 Å². The van der Waals surface area contributed by atoms with E-state index in [1.807, 2.05) is 20.8 Å². The zero-order valence-corrected chi connectivity index (χ0v) is 11.8. The molecule has 18 heavy (non-hydrogen) atoms. The van der Waals surface area contributed by atoms with Crippen molar-refractivity contribution in [1.29, 1.82) is 0 Å². The Morgan fingerprint density at radius 2 is 1.83 bits per heavy atom. The summed E-state index contributed by atoms with van der Waals surface area (Å²) in [5.74, 6) is -1.41. The summed E-state index contributed by atoms with van der Waals surface area (Å²) in [4.78, 5) is 22.6. The zero-order chi connectivity index (χ0) is 14.1. The molecule has 0 saturated heterocycles. The first-order valence-electron chi connectivity index (χ1n) is 6.69. The van der Waals surface area contributed by atoms with Gasteiger partial charge >= 0.3 is 12.0 Å². The minimum atomic E-state index is -0.870. The molecular formula is C13H26N2O3. The Morgan fingerprint density at radius 3 is 2.22 bits per heavy atom. The van der Waals surface area contributed by atoms with Crippen LogP contribution in [0.1, 0.15) is 47.0 Å². The quantitative estimate of drug-likeness (QED) is 0.624. The lowest BCUT2D eigenvalue weighted by Crippen LogP contribution is -2.45. The third kappa shape index (κ3) is 6.47. The summed E-state index contributed by atoms with van der Waals surface area (Å²) >= 11 is 0. The Kier molecular flexibility index (Phi) is 8.16. The average molecular weight is 258 g/mol. The van der Waals surface area contributed by atoms with E-state index in [4.69, 9.17) is 5.11 Å². The van der Waals surface area contributed by atoms with Crippen LogP contribution in [-0.2, 0) is 4.79 Å². The summed E-state index contributed by atoms with van der Waals surface area (Å²) in [5, 5.41) is 14.5. The van der Waals surface area contributed by atoms with E-state index in [9.17, 15) is 9.59 Å². The highest BCUT2D eigenvalue weighted by Crippen LogP contribution is 2.09. The van der Waals surface area contributed by atoms with E-state index in [1.165, 1.54) is 0 Å². The van der Waals surface area contributed by atoms with E-state index in [1.54, 1.807) is 0 Å². The van der Waals surface area contributed by atoms with Gasteiger partial charge in [-0.3, -0.25) is 4.79 Å². The summed E-state index contributed by atoms with van der Waals surface area (Å²) in [7, 11) is 0. The van der Waals surface area contributed by atoms with Crippen molar-refractivity contribution in [3.8, 4) is 0 Å². The first kappa shape index (κ1) is 16.7. The molecule has 5 heteroatoms. The van der Waals surface area contributed by atoms with Gasteiger partial charge < -0.3 is 15.7 Å². The van der Waals surface area contributed by atoms with Crippen LogP contribution in [0.5, 0.6) is 0 Å². The molecular weight excluding hydrogens is 232 g/mol. The van der Waals surface area contributed by atoms with Crippen LogP contribution in [0, 0.1) is 11.8 Å². The second-order valence-electron chi connectivity index (χ2n) is 4.94. The number of carboxylic acids is 1. The predicted octanol–water partition coefficient (Wildman–Crippen LogP) is 2.22. The number of carbonyl (C=O) groups is 2. The molecule has 0 aromatic heterocycles. The lowest BCUT2D eigenvalue weighted by Gasteiger charge is -2.20. The number of carboxylic acid groups (broad SMARTS) is 1. The first-order chi connectivity index (χ1) is 8.42. The second-order valence-corrected chi connectivity index (χ2v) is 4.94. The molecule has 0 aromatic rings. The molecule has 0 fully saturated rings. The van der Waals surface area contributed by atoms with Crippen LogP contribution in [0.2, 0.25) is 0 Å². The third-order valence-corrected chi connectivity index (χ3v) is 3.07. The maximum atomic E-state index is 11.6. The molecule has 0 radical (unpaired) electrons. The van der Waals surface area contributed by atoms with E-state index in [0.29, 0.717) is 0 Å². The Balaban J connectivity index is 4.11. The second kappa shape index (κ2) is 8.78. The largest absolute Gasteiger partial charge is 0.481 e. The molecule has 0 saturated carbocycles. The van der Waals surface area contributed by atoms with Gasteiger partial charge in [0.25, 0.3) is 0 Å². The zero-order valence-electron chi connectivity index (χ0n) is 11.8. The minimum Gasteiger partial charge on any atom is -0.481 e. The number of amides is 2. The molecule has 2 unspecified atom stereocenters. The van der Waals surface area contributed by atoms with Gasteiger partial charge in [-0.25, -0.2) is 4.79 Å². The highest BCUT2D eigenvalue weighted by Gasteiger charge is 2.22. The maximum Gasteiger partial charge on any atom is 0.315 e. The van der Waals surface area contributed by atoms with E-state index in [2.05, 4.69) is 17.6 Å². The monoisotopic (exact) mass is 258 g/mol. The molecule has 2 atom stereocenters. The van der Waals surface area contributed by atoms with Gasteiger partial charge in [-0.1, -0.05) is 34.1 Å². The van der Waals surface area contributed by atoms with Crippen LogP contribution in [0.3, 0.4) is 0 Å². The summed E-state index contributed by atoms with van der Waals surface area (Å²) in [6.45, 7) is 7.94. The van der Waals surface area contributed by atoms with Crippen molar-refractivity contribution < 1.29 is 14.7 Å². The van der Waals surface area contributed by atoms with Crippen molar-refractivity contribution in [3.05, 3.63) is 0 Å². The Bertz CT molecular complexity index is 267. The van der Waals surface area contributed by atoms with Gasteiger partial charge in [-0.05, 0) is 18.8 Å². The van der Waals surface area contributed by atoms with E-state index in [0.717, 1.165) is 19.3 Å². The van der Waals surface area contributed by atoms with Crippen LogP contribution in [0.15, 0.2) is 0 Å². The Labute approximate surface area is 109 Å². The lowest BCUT2D eigenvalue weighted by atomic mass is 9.96. The molecule has 0 spiro atoms. The molecule has 106 valence electrons. The molecule has 0 rings (SSSR count). The van der Waals surface area contributed by atoms with Crippen LogP contribution in [0.25, 0.3) is 0 Å². The molecule has 5 nitrogen and oxygen atoms in total. The van der Waals surface area contributed by atoms with Gasteiger partial charge in [0.2, 0.25) is 0 Å². The fourth-order valence-corrected chi connectivity index (χ4v) is 1.77. The molecule has 0 heterocycles. The smallest absolute Gasteiger partial charge is 0.315 e. The molecule has 0 aliphatic carbocycles. The minimum absolute atomic E-state index is 0.000383. The van der Waals surface area contributed by atoms with Gasteiger partial charge in [0.15, 0.2) is 0 Å². The predicted molar refractivity (Wildman–Crippen MR) is 71.5 cm³/mol. The first-order valence-corrected chi connectivity index (χ1v) is 6.69. The van der Waals surface area contributed by atoms with Crippen molar-refractivity contribution in [3.63, 3.8) is 0 Å². The number of carbonyl (C=O) groups excluding carboxylic acids is 1. The Morgan fingerprint density at radius 1 is 1.22 bits per heavy atom. The highest BCUT2D eigenvalue weighted by atomic mass is 16.4. The lowest BCUT2D eigenvalue weighted by molar-refractivity contribution is -0.142. The van der Waals surface area contributed by atoms with Crippen LogP contribution < -0.4 is 10.6 Å². The molecule has 2 amide bonds. The van der Waals surface area contributed by atoms with Gasteiger partial charge in [-0.2, -0.15) is 0 Å². The number of hydrogen-bond acceptors (Lipinski definition) is 2. The standard InChI is InChI=1S/C13H26N2O3/c1-5-7-10(6-2)15-13(18)14-8-11(9(3)4)12(16)17/h9-11H,5-8H2,1-4H3,(H,16,17)(H2,14,15,18). The summed E-state index contributed by atoms with van der Waals surface area (Å²) in [6, 6.07) is -0.112. The van der Waals surface area contributed by atoms with Crippen molar-refractivity contribution in [2.24, 2.45) is 11.8 Å². The average Bonchev–Trinajstić information content (AvgIpc) is 2.27. The maximum absolute atomic E-state index is 11.6. The van der Waals surface area contributed by atoms with Gasteiger partial charge in [0, 0.05) is 12.6 Å². The molecule has 0 bridgehead atoms. The van der Waals surface area contributed by atoms with Gasteiger partial charge in [0.1, 0.15) is 0 Å². The summed E-state index contributed by atoms with van der Waals surface area (Å²) < 4.78 is 0. The van der Waals surface area contributed by atoms with Gasteiger partial charge in [0.05, 0.1) is 5.92 Å². The van der Waals surface area contributed by atoms with E-state index >= 15 is 0 Å². The number of urea groups is 1. The fraction of sp³-hybridized carbons (Fsp3) is 0.846. The van der Waals surface area contributed by atoms with Crippen molar-refractivity contribution >= 4 is 12.0 Å².